The molecule has 5 nitrogen and oxygen atoms in total. The molecule has 0 atom stereocenters. The SMILES string of the molecule is CNC(=O)c1ccc(CN(C)C(=O)CNC(C)(C)C)cc1. The maximum Gasteiger partial charge on any atom is 0.251 e. The van der Waals surface area contributed by atoms with Gasteiger partial charge in [0.1, 0.15) is 0 Å². The summed E-state index contributed by atoms with van der Waals surface area (Å²) in [5.74, 6) is -0.0688. The number of likely N-dealkylation sites (N-methyl/N-ethyl adjacent to an activating group) is 1. The number of carbonyl (C=O) groups is 2. The molecule has 1 aromatic carbocycles. The third kappa shape index (κ3) is 5.95. The van der Waals surface area contributed by atoms with Crippen LogP contribution in [0.2, 0.25) is 0 Å². The lowest BCUT2D eigenvalue weighted by molar-refractivity contribution is -0.129. The standard InChI is InChI=1S/C16H25N3O2/c1-16(2,3)18-10-14(20)19(5)11-12-6-8-13(9-7-12)15(21)17-4/h6-9,18H,10-11H2,1-5H3,(H,17,21). The van der Waals surface area contributed by atoms with Gasteiger partial charge >= 0.3 is 0 Å². The number of amides is 2. The lowest BCUT2D eigenvalue weighted by Gasteiger charge is -2.23. The van der Waals surface area contributed by atoms with Gasteiger partial charge < -0.3 is 15.5 Å². The van der Waals surface area contributed by atoms with Crippen LogP contribution in [0.5, 0.6) is 0 Å². The molecule has 0 saturated carbocycles. The number of hydrogen-bond acceptors (Lipinski definition) is 3. The summed E-state index contributed by atoms with van der Waals surface area (Å²) in [7, 11) is 3.38. The van der Waals surface area contributed by atoms with Crippen molar-refractivity contribution >= 4 is 11.8 Å². The zero-order chi connectivity index (χ0) is 16.0. The Labute approximate surface area is 126 Å². The highest BCUT2D eigenvalue weighted by molar-refractivity contribution is 5.93. The maximum atomic E-state index is 12.0. The maximum absolute atomic E-state index is 12.0. The van der Waals surface area contributed by atoms with E-state index in [4.69, 9.17) is 0 Å². The van der Waals surface area contributed by atoms with Crippen LogP contribution < -0.4 is 10.6 Å². The molecule has 0 heterocycles. The van der Waals surface area contributed by atoms with Crippen molar-refractivity contribution in [3.63, 3.8) is 0 Å². The van der Waals surface area contributed by atoms with E-state index in [9.17, 15) is 9.59 Å². The first-order chi connectivity index (χ1) is 9.73. The molecule has 1 rings (SSSR count). The predicted octanol–water partition coefficient (Wildman–Crippen LogP) is 1.39. The van der Waals surface area contributed by atoms with Crippen molar-refractivity contribution in [1.82, 2.24) is 15.5 Å². The molecule has 0 spiro atoms. The van der Waals surface area contributed by atoms with Gasteiger partial charge in [-0.3, -0.25) is 9.59 Å². The van der Waals surface area contributed by atoms with Crippen molar-refractivity contribution in [2.45, 2.75) is 32.9 Å². The molecule has 2 N–H and O–H groups in total. The number of rotatable bonds is 5. The summed E-state index contributed by atoms with van der Waals surface area (Å²) < 4.78 is 0. The molecule has 0 radical (unpaired) electrons. The van der Waals surface area contributed by atoms with Crippen LogP contribution in [0, 0.1) is 0 Å². The van der Waals surface area contributed by atoms with Crippen molar-refractivity contribution < 1.29 is 9.59 Å². The first kappa shape index (κ1) is 17.2. The van der Waals surface area contributed by atoms with E-state index in [1.807, 2.05) is 32.9 Å². The Balaban J connectivity index is 2.56. The zero-order valence-corrected chi connectivity index (χ0v) is 13.5. The smallest absolute Gasteiger partial charge is 0.251 e. The predicted molar refractivity (Wildman–Crippen MR) is 84.1 cm³/mol. The highest BCUT2D eigenvalue weighted by atomic mass is 16.2. The van der Waals surface area contributed by atoms with Gasteiger partial charge in [-0.15, -0.1) is 0 Å². The van der Waals surface area contributed by atoms with E-state index in [1.165, 1.54) is 0 Å². The molecule has 0 aliphatic rings. The molecule has 2 amide bonds. The molecular formula is C16H25N3O2. The van der Waals surface area contributed by atoms with Crippen molar-refractivity contribution in [2.24, 2.45) is 0 Å². The van der Waals surface area contributed by atoms with Crippen LogP contribution in [0.15, 0.2) is 24.3 Å². The fraction of sp³-hybridized carbons (Fsp3) is 0.500. The number of carbonyl (C=O) groups excluding carboxylic acids is 2. The molecule has 5 heteroatoms. The van der Waals surface area contributed by atoms with Gasteiger partial charge in [-0.2, -0.15) is 0 Å². The zero-order valence-electron chi connectivity index (χ0n) is 13.5. The van der Waals surface area contributed by atoms with Crippen molar-refractivity contribution in [3.8, 4) is 0 Å². The second-order valence-corrected chi connectivity index (χ2v) is 6.13. The van der Waals surface area contributed by atoms with E-state index in [2.05, 4.69) is 10.6 Å². The minimum absolute atomic E-state index is 0.0419. The summed E-state index contributed by atoms with van der Waals surface area (Å²) in [6, 6.07) is 7.26. The van der Waals surface area contributed by atoms with E-state index < -0.39 is 0 Å². The molecule has 0 aliphatic heterocycles. The topological polar surface area (TPSA) is 61.4 Å². The molecule has 0 saturated heterocycles. The summed E-state index contributed by atoms with van der Waals surface area (Å²) in [5.41, 5.74) is 1.53. The van der Waals surface area contributed by atoms with E-state index in [0.717, 1.165) is 5.56 Å². The number of nitrogens with zero attached hydrogens (tertiary/aromatic N) is 1. The monoisotopic (exact) mass is 291 g/mol. The third-order valence-corrected chi connectivity index (χ3v) is 3.06. The lowest BCUT2D eigenvalue weighted by atomic mass is 10.1. The molecule has 0 fully saturated rings. The van der Waals surface area contributed by atoms with Gasteiger partial charge in [0, 0.05) is 31.7 Å². The Hall–Kier alpha value is -1.88. The minimum atomic E-state index is -0.111. The van der Waals surface area contributed by atoms with Gasteiger partial charge in [0.25, 0.3) is 5.91 Å². The molecular weight excluding hydrogens is 266 g/mol. The summed E-state index contributed by atoms with van der Waals surface area (Å²) in [4.78, 5) is 25.1. The molecule has 0 aliphatic carbocycles. The Morgan fingerprint density at radius 1 is 1.14 bits per heavy atom. The van der Waals surface area contributed by atoms with E-state index >= 15 is 0 Å². The molecule has 0 unspecified atom stereocenters. The minimum Gasteiger partial charge on any atom is -0.355 e. The van der Waals surface area contributed by atoms with Gasteiger partial charge in [-0.1, -0.05) is 12.1 Å². The average molecular weight is 291 g/mol. The van der Waals surface area contributed by atoms with Crippen LogP contribution in [0.25, 0.3) is 0 Å². The van der Waals surface area contributed by atoms with E-state index in [0.29, 0.717) is 18.7 Å². The summed E-state index contributed by atoms with van der Waals surface area (Å²) in [5, 5.41) is 5.75. The molecule has 116 valence electrons. The average Bonchev–Trinajstić information content (AvgIpc) is 2.43. The fourth-order valence-corrected chi connectivity index (χ4v) is 1.74. The molecule has 21 heavy (non-hydrogen) atoms. The van der Waals surface area contributed by atoms with Gasteiger partial charge in [-0.05, 0) is 38.5 Å². The Kier molecular flexibility index (Phi) is 5.90. The van der Waals surface area contributed by atoms with Crippen LogP contribution in [-0.4, -0.2) is 42.9 Å². The molecule has 0 bridgehead atoms. The van der Waals surface area contributed by atoms with Crippen molar-refractivity contribution in [3.05, 3.63) is 35.4 Å². The Morgan fingerprint density at radius 2 is 1.71 bits per heavy atom. The first-order valence-corrected chi connectivity index (χ1v) is 7.03. The van der Waals surface area contributed by atoms with Crippen LogP contribution in [0.4, 0.5) is 0 Å². The number of benzene rings is 1. The van der Waals surface area contributed by atoms with Crippen LogP contribution in [0.3, 0.4) is 0 Å². The quantitative estimate of drug-likeness (QED) is 0.862. The normalized spacial score (nSPS) is 11.1. The van der Waals surface area contributed by atoms with E-state index in [-0.39, 0.29) is 17.4 Å². The van der Waals surface area contributed by atoms with Crippen LogP contribution >= 0.6 is 0 Å². The number of hydrogen-bond donors (Lipinski definition) is 2. The fourth-order valence-electron chi connectivity index (χ4n) is 1.74. The summed E-state index contributed by atoms with van der Waals surface area (Å²) >= 11 is 0. The van der Waals surface area contributed by atoms with Gasteiger partial charge in [0.05, 0.1) is 6.54 Å². The number of nitrogens with one attached hydrogen (secondary N) is 2. The second kappa shape index (κ2) is 7.22. The third-order valence-electron chi connectivity index (χ3n) is 3.06. The molecule has 1 aromatic rings. The van der Waals surface area contributed by atoms with E-state index in [1.54, 1.807) is 31.1 Å². The largest absolute Gasteiger partial charge is 0.355 e. The summed E-state index contributed by atoms with van der Waals surface area (Å²) in [6.45, 7) is 6.92. The highest BCUT2D eigenvalue weighted by Gasteiger charge is 2.14. The van der Waals surface area contributed by atoms with Gasteiger partial charge in [0.15, 0.2) is 0 Å². The Morgan fingerprint density at radius 3 is 2.19 bits per heavy atom. The van der Waals surface area contributed by atoms with Gasteiger partial charge in [-0.25, -0.2) is 0 Å². The first-order valence-electron chi connectivity index (χ1n) is 7.03. The van der Waals surface area contributed by atoms with Crippen molar-refractivity contribution in [1.29, 1.82) is 0 Å². The molecule has 0 aromatic heterocycles. The second-order valence-electron chi connectivity index (χ2n) is 6.13. The summed E-state index contributed by atoms with van der Waals surface area (Å²) in [6.07, 6.45) is 0. The van der Waals surface area contributed by atoms with Crippen molar-refractivity contribution in [2.75, 3.05) is 20.6 Å². The Bertz CT molecular complexity index is 489. The van der Waals surface area contributed by atoms with Crippen LogP contribution in [-0.2, 0) is 11.3 Å². The van der Waals surface area contributed by atoms with Gasteiger partial charge in [0.2, 0.25) is 5.91 Å². The lowest BCUT2D eigenvalue weighted by Crippen LogP contribution is -2.43. The van der Waals surface area contributed by atoms with Crippen LogP contribution in [0.1, 0.15) is 36.7 Å². The highest BCUT2D eigenvalue weighted by Crippen LogP contribution is 2.07.